The standard InChI is InChI=1S/C20H28N4O/c1-2-24-19-17(14-9-3-4-10-15(14)20(25)21-19)18(22-24)16-11-6-12-23(16)13-7-5-8-13/h13,16H,2-12H2,1H3,(H,21,25). The van der Waals surface area contributed by atoms with Crippen LogP contribution in [0.25, 0.3) is 11.0 Å². The molecule has 1 N–H and O–H groups in total. The molecule has 3 aliphatic rings. The molecule has 3 heterocycles. The van der Waals surface area contributed by atoms with Crippen molar-refractivity contribution in [1.82, 2.24) is 19.7 Å². The molecule has 1 aliphatic heterocycles. The van der Waals surface area contributed by atoms with Crippen molar-refractivity contribution in [3.05, 3.63) is 27.2 Å². The van der Waals surface area contributed by atoms with Crippen molar-refractivity contribution in [3.8, 4) is 0 Å². The summed E-state index contributed by atoms with van der Waals surface area (Å²) in [6.07, 6.45) is 10.8. The van der Waals surface area contributed by atoms with E-state index in [0.29, 0.717) is 6.04 Å². The zero-order valence-electron chi connectivity index (χ0n) is 15.2. The molecule has 25 heavy (non-hydrogen) atoms. The third kappa shape index (κ3) is 2.31. The summed E-state index contributed by atoms with van der Waals surface area (Å²) in [5.74, 6) is 0. The Morgan fingerprint density at radius 2 is 1.88 bits per heavy atom. The van der Waals surface area contributed by atoms with E-state index in [1.165, 1.54) is 61.7 Å². The van der Waals surface area contributed by atoms with Crippen LogP contribution >= 0.6 is 0 Å². The highest BCUT2D eigenvalue weighted by Gasteiger charge is 2.37. The van der Waals surface area contributed by atoms with Gasteiger partial charge in [0.1, 0.15) is 5.65 Å². The quantitative estimate of drug-likeness (QED) is 0.932. The Morgan fingerprint density at radius 1 is 1.08 bits per heavy atom. The summed E-state index contributed by atoms with van der Waals surface area (Å²) in [5, 5.41) is 6.32. The van der Waals surface area contributed by atoms with Gasteiger partial charge in [0, 0.05) is 23.5 Å². The first-order valence-corrected chi connectivity index (χ1v) is 10.2. The number of hydrogen-bond acceptors (Lipinski definition) is 3. The van der Waals surface area contributed by atoms with Crippen molar-refractivity contribution in [2.45, 2.75) is 83.3 Å². The molecule has 0 amide bonds. The molecule has 1 saturated heterocycles. The highest BCUT2D eigenvalue weighted by Crippen LogP contribution is 2.42. The van der Waals surface area contributed by atoms with Crippen LogP contribution in [0.3, 0.4) is 0 Å². The fraction of sp³-hybridized carbons (Fsp3) is 0.700. The molecule has 2 aliphatic carbocycles. The lowest BCUT2D eigenvalue weighted by Crippen LogP contribution is -2.39. The molecule has 1 saturated carbocycles. The second-order valence-corrected chi connectivity index (χ2v) is 8.02. The van der Waals surface area contributed by atoms with Gasteiger partial charge in [0.25, 0.3) is 5.56 Å². The van der Waals surface area contributed by atoms with Crippen LogP contribution < -0.4 is 5.56 Å². The van der Waals surface area contributed by atoms with Crippen LogP contribution in [0.2, 0.25) is 0 Å². The maximum absolute atomic E-state index is 12.6. The second kappa shape index (κ2) is 5.97. The van der Waals surface area contributed by atoms with Gasteiger partial charge in [-0.3, -0.25) is 9.69 Å². The molecule has 2 aromatic heterocycles. The van der Waals surface area contributed by atoms with Crippen LogP contribution in [-0.2, 0) is 19.4 Å². The molecule has 1 atom stereocenters. The third-order valence-electron chi connectivity index (χ3n) is 6.71. The minimum Gasteiger partial charge on any atom is -0.307 e. The van der Waals surface area contributed by atoms with E-state index in [4.69, 9.17) is 5.10 Å². The third-order valence-corrected chi connectivity index (χ3v) is 6.71. The largest absolute Gasteiger partial charge is 0.307 e. The van der Waals surface area contributed by atoms with Crippen molar-refractivity contribution in [2.75, 3.05) is 6.54 Å². The lowest BCUT2D eigenvalue weighted by atomic mass is 9.88. The fourth-order valence-corrected chi connectivity index (χ4v) is 5.22. The number of rotatable bonds is 3. The van der Waals surface area contributed by atoms with Gasteiger partial charge in [-0.2, -0.15) is 5.10 Å². The summed E-state index contributed by atoms with van der Waals surface area (Å²) in [7, 11) is 0. The summed E-state index contributed by atoms with van der Waals surface area (Å²) in [5.41, 5.74) is 4.66. The molecule has 5 rings (SSSR count). The number of aromatic nitrogens is 3. The summed E-state index contributed by atoms with van der Waals surface area (Å²) in [4.78, 5) is 18.5. The van der Waals surface area contributed by atoms with Crippen molar-refractivity contribution >= 4 is 11.0 Å². The van der Waals surface area contributed by atoms with Gasteiger partial charge in [0.2, 0.25) is 0 Å². The fourth-order valence-electron chi connectivity index (χ4n) is 5.22. The molecular weight excluding hydrogens is 312 g/mol. The molecule has 0 radical (unpaired) electrons. The van der Waals surface area contributed by atoms with E-state index in [1.807, 2.05) is 4.68 Å². The Kier molecular flexibility index (Phi) is 3.73. The van der Waals surface area contributed by atoms with Crippen molar-refractivity contribution in [1.29, 1.82) is 0 Å². The van der Waals surface area contributed by atoms with Gasteiger partial charge >= 0.3 is 0 Å². The van der Waals surface area contributed by atoms with Crippen molar-refractivity contribution in [2.24, 2.45) is 0 Å². The number of pyridine rings is 1. The monoisotopic (exact) mass is 340 g/mol. The molecular formula is C20H28N4O. The first-order valence-electron chi connectivity index (χ1n) is 10.2. The molecule has 0 bridgehead atoms. The van der Waals surface area contributed by atoms with Crippen LogP contribution in [0, 0.1) is 0 Å². The first-order chi connectivity index (χ1) is 12.3. The zero-order chi connectivity index (χ0) is 17.0. The van der Waals surface area contributed by atoms with Gasteiger partial charge in [-0.25, -0.2) is 4.68 Å². The lowest BCUT2D eigenvalue weighted by molar-refractivity contribution is 0.112. The minimum atomic E-state index is 0.116. The number of hydrogen-bond donors (Lipinski definition) is 1. The van der Waals surface area contributed by atoms with Gasteiger partial charge in [-0.15, -0.1) is 0 Å². The van der Waals surface area contributed by atoms with E-state index >= 15 is 0 Å². The van der Waals surface area contributed by atoms with E-state index in [1.54, 1.807) is 0 Å². The number of nitrogens with one attached hydrogen (secondary N) is 1. The van der Waals surface area contributed by atoms with Crippen LogP contribution in [0.1, 0.15) is 74.7 Å². The van der Waals surface area contributed by atoms with E-state index in [2.05, 4.69) is 16.8 Å². The summed E-state index contributed by atoms with van der Waals surface area (Å²) < 4.78 is 2.03. The number of fused-ring (bicyclic) bond motifs is 3. The van der Waals surface area contributed by atoms with Gasteiger partial charge < -0.3 is 4.98 Å². The zero-order valence-corrected chi connectivity index (χ0v) is 15.2. The Bertz CT molecular complexity index is 861. The van der Waals surface area contributed by atoms with E-state index < -0.39 is 0 Å². The van der Waals surface area contributed by atoms with Crippen molar-refractivity contribution < 1.29 is 0 Å². The first kappa shape index (κ1) is 15.6. The van der Waals surface area contributed by atoms with Crippen LogP contribution in [0.15, 0.2) is 4.79 Å². The Labute approximate surface area is 148 Å². The Hall–Kier alpha value is -1.62. The van der Waals surface area contributed by atoms with Crippen LogP contribution in [-0.4, -0.2) is 32.3 Å². The Morgan fingerprint density at radius 3 is 2.60 bits per heavy atom. The number of H-pyrrole nitrogens is 1. The maximum Gasteiger partial charge on any atom is 0.253 e. The summed E-state index contributed by atoms with van der Waals surface area (Å²) >= 11 is 0. The van der Waals surface area contributed by atoms with E-state index in [9.17, 15) is 4.79 Å². The second-order valence-electron chi connectivity index (χ2n) is 8.02. The highest BCUT2D eigenvalue weighted by molar-refractivity contribution is 5.84. The van der Waals surface area contributed by atoms with Crippen molar-refractivity contribution in [3.63, 3.8) is 0 Å². The molecule has 0 aromatic carbocycles. The van der Waals surface area contributed by atoms with Gasteiger partial charge in [0.05, 0.1) is 11.7 Å². The normalized spacial score (nSPS) is 24.6. The number of aromatic amines is 1. The number of nitrogens with zero attached hydrogens (tertiary/aromatic N) is 3. The molecule has 2 fully saturated rings. The maximum atomic E-state index is 12.6. The van der Waals surface area contributed by atoms with Crippen LogP contribution in [0.5, 0.6) is 0 Å². The minimum absolute atomic E-state index is 0.116. The molecule has 1 unspecified atom stereocenters. The average molecular weight is 340 g/mol. The van der Waals surface area contributed by atoms with E-state index in [-0.39, 0.29) is 5.56 Å². The Balaban J connectivity index is 1.71. The summed E-state index contributed by atoms with van der Waals surface area (Å²) in [6.45, 7) is 4.13. The average Bonchev–Trinajstić information content (AvgIpc) is 3.18. The predicted octanol–water partition coefficient (Wildman–Crippen LogP) is 3.31. The SMILES string of the molecule is CCn1nc(C2CCCN2C2CCC2)c2c3c(c(=O)[nH]c21)CCCC3. The molecule has 0 spiro atoms. The molecule has 2 aromatic rings. The number of aryl methyl sites for hydroxylation is 2. The smallest absolute Gasteiger partial charge is 0.253 e. The number of likely N-dealkylation sites (tertiary alicyclic amines) is 1. The molecule has 5 heteroatoms. The molecule has 134 valence electrons. The van der Waals surface area contributed by atoms with Gasteiger partial charge in [0.15, 0.2) is 0 Å². The van der Waals surface area contributed by atoms with Crippen LogP contribution in [0.4, 0.5) is 0 Å². The predicted molar refractivity (Wildman–Crippen MR) is 99.0 cm³/mol. The highest BCUT2D eigenvalue weighted by atomic mass is 16.1. The van der Waals surface area contributed by atoms with Gasteiger partial charge in [-0.1, -0.05) is 6.42 Å². The van der Waals surface area contributed by atoms with E-state index in [0.717, 1.165) is 43.1 Å². The van der Waals surface area contributed by atoms with Gasteiger partial charge in [-0.05, 0) is 70.4 Å². The lowest BCUT2D eigenvalue weighted by Gasteiger charge is -2.38. The molecule has 5 nitrogen and oxygen atoms in total. The summed E-state index contributed by atoms with van der Waals surface area (Å²) in [6, 6.07) is 1.20. The topological polar surface area (TPSA) is 53.9 Å².